The van der Waals surface area contributed by atoms with Gasteiger partial charge in [0.2, 0.25) is 0 Å². The molecule has 0 saturated heterocycles. The molecule has 6 heteroatoms. The van der Waals surface area contributed by atoms with E-state index in [1.807, 2.05) is 0 Å². The van der Waals surface area contributed by atoms with Crippen LogP contribution in [0.3, 0.4) is 0 Å². The van der Waals surface area contributed by atoms with E-state index in [1.54, 1.807) is 6.92 Å². The molecule has 0 aliphatic carbocycles. The standard InChI is InChI=1S/C8H15N3O3/c1-6(4-12)11-7(3-9-10-11)8(13)5-14-2/h3,6,8,12-13H,4-5H2,1-2H3. The van der Waals surface area contributed by atoms with Crippen LogP contribution in [0.15, 0.2) is 6.20 Å². The summed E-state index contributed by atoms with van der Waals surface area (Å²) in [6.07, 6.45) is 0.708. The average Bonchev–Trinajstić information content (AvgIpc) is 2.65. The maximum Gasteiger partial charge on any atom is 0.120 e. The maximum atomic E-state index is 9.63. The van der Waals surface area contributed by atoms with Crippen molar-refractivity contribution >= 4 is 0 Å². The number of rotatable bonds is 5. The third-order valence-corrected chi connectivity index (χ3v) is 1.95. The Morgan fingerprint density at radius 1 is 1.64 bits per heavy atom. The molecule has 0 bridgehead atoms. The van der Waals surface area contributed by atoms with E-state index in [2.05, 4.69) is 10.3 Å². The van der Waals surface area contributed by atoms with E-state index in [4.69, 9.17) is 9.84 Å². The zero-order chi connectivity index (χ0) is 10.6. The zero-order valence-electron chi connectivity index (χ0n) is 8.29. The van der Waals surface area contributed by atoms with Crippen LogP contribution in [0.2, 0.25) is 0 Å². The fraction of sp³-hybridized carbons (Fsp3) is 0.750. The van der Waals surface area contributed by atoms with E-state index in [0.29, 0.717) is 5.69 Å². The highest BCUT2D eigenvalue weighted by Crippen LogP contribution is 2.15. The van der Waals surface area contributed by atoms with Crippen molar-refractivity contribution in [1.82, 2.24) is 15.0 Å². The fourth-order valence-electron chi connectivity index (χ4n) is 1.15. The third kappa shape index (κ3) is 2.28. The molecule has 1 aromatic heterocycles. The summed E-state index contributed by atoms with van der Waals surface area (Å²) in [5.41, 5.74) is 0.549. The molecular weight excluding hydrogens is 186 g/mol. The lowest BCUT2D eigenvalue weighted by Crippen LogP contribution is -2.18. The Morgan fingerprint density at radius 3 is 2.93 bits per heavy atom. The molecule has 0 aliphatic heterocycles. The summed E-state index contributed by atoms with van der Waals surface area (Å²) in [6, 6.07) is -0.195. The molecule has 2 unspecified atom stereocenters. The van der Waals surface area contributed by atoms with Crippen molar-refractivity contribution in [2.45, 2.75) is 19.1 Å². The normalized spacial score (nSPS) is 15.4. The van der Waals surface area contributed by atoms with Gasteiger partial charge in [0, 0.05) is 7.11 Å². The van der Waals surface area contributed by atoms with Crippen molar-refractivity contribution in [2.75, 3.05) is 20.3 Å². The van der Waals surface area contributed by atoms with Crippen molar-refractivity contribution in [3.8, 4) is 0 Å². The molecule has 0 aromatic carbocycles. The first-order valence-electron chi connectivity index (χ1n) is 4.38. The van der Waals surface area contributed by atoms with Crippen LogP contribution in [-0.4, -0.2) is 45.5 Å². The van der Waals surface area contributed by atoms with Crippen molar-refractivity contribution < 1.29 is 14.9 Å². The van der Waals surface area contributed by atoms with Gasteiger partial charge in [0.1, 0.15) is 6.10 Å². The van der Waals surface area contributed by atoms with Gasteiger partial charge < -0.3 is 14.9 Å². The van der Waals surface area contributed by atoms with Gasteiger partial charge in [-0.3, -0.25) is 0 Å². The Kier molecular flexibility index (Phi) is 3.99. The average molecular weight is 201 g/mol. The van der Waals surface area contributed by atoms with E-state index in [1.165, 1.54) is 18.0 Å². The van der Waals surface area contributed by atoms with Crippen LogP contribution < -0.4 is 0 Å². The first-order valence-corrected chi connectivity index (χ1v) is 4.38. The first kappa shape index (κ1) is 11.1. The smallest absolute Gasteiger partial charge is 0.120 e. The van der Waals surface area contributed by atoms with Gasteiger partial charge in [-0.1, -0.05) is 5.21 Å². The van der Waals surface area contributed by atoms with Gasteiger partial charge in [-0.05, 0) is 6.92 Å². The predicted molar refractivity (Wildman–Crippen MR) is 48.7 cm³/mol. The lowest BCUT2D eigenvalue weighted by Gasteiger charge is -2.15. The summed E-state index contributed by atoms with van der Waals surface area (Å²) in [7, 11) is 1.51. The highest BCUT2D eigenvalue weighted by Gasteiger charge is 2.17. The second kappa shape index (κ2) is 5.04. The molecule has 2 atom stereocenters. The number of hydrogen-bond acceptors (Lipinski definition) is 5. The summed E-state index contributed by atoms with van der Waals surface area (Å²) in [5, 5.41) is 26.0. The van der Waals surface area contributed by atoms with Crippen LogP contribution in [0, 0.1) is 0 Å². The predicted octanol–water partition coefficient (Wildman–Crippen LogP) is -0.489. The molecule has 1 heterocycles. The Balaban J connectivity index is 2.81. The van der Waals surface area contributed by atoms with E-state index in [-0.39, 0.29) is 19.3 Å². The molecule has 14 heavy (non-hydrogen) atoms. The van der Waals surface area contributed by atoms with Crippen molar-refractivity contribution in [1.29, 1.82) is 0 Å². The van der Waals surface area contributed by atoms with Gasteiger partial charge in [-0.15, -0.1) is 5.10 Å². The van der Waals surface area contributed by atoms with Crippen LogP contribution >= 0.6 is 0 Å². The van der Waals surface area contributed by atoms with Crippen LogP contribution in [0.25, 0.3) is 0 Å². The minimum absolute atomic E-state index is 0.0456. The minimum atomic E-state index is -0.760. The summed E-state index contributed by atoms with van der Waals surface area (Å²) in [4.78, 5) is 0. The molecule has 0 radical (unpaired) electrons. The highest BCUT2D eigenvalue weighted by molar-refractivity contribution is 5.00. The van der Waals surface area contributed by atoms with Gasteiger partial charge in [-0.25, -0.2) is 4.68 Å². The number of aromatic nitrogens is 3. The summed E-state index contributed by atoms with van der Waals surface area (Å²) in [6.45, 7) is 1.93. The maximum absolute atomic E-state index is 9.63. The molecule has 0 aliphatic rings. The van der Waals surface area contributed by atoms with Crippen molar-refractivity contribution in [3.63, 3.8) is 0 Å². The third-order valence-electron chi connectivity index (χ3n) is 1.95. The Bertz CT molecular complexity index is 277. The molecule has 1 aromatic rings. The van der Waals surface area contributed by atoms with Gasteiger partial charge in [-0.2, -0.15) is 0 Å². The zero-order valence-corrected chi connectivity index (χ0v) is 8.29. The van der Waals surface area contributed by atoms with Crippen LogP contribution in [0.5, 0.6) is 0 Å². The highest BCUT2D eigenvalue weighted by atomic mass is 16.5. The van der Waals surface area contributed by atoms with Crippen molar-refractivity contribution in [3.05, 3.63) is 11.9 Å². The second-order valence-corrected chi connectivity index (χ2v) is 3.11. The topological polar surface area (TPSA) is 80.4 Å². The van der Waals surface area contributed by atoms with Crippen LogP contribution in [-0.2, 0) is 4.74 Å². The molecule has 0 amide bonds. The number of hydrogen-bond donors (Lipinski definition) is 2. The van der Waals surface area contributed by atoms with Gasteiger partial charge in [0.05, 0.1) is 31.1 Å². The molecule has 0 spiro atoms. The summed E-state index contributed by atoms with van der Waals surface area (Å²) in [5.74, 6) is 0. The summed E-state index contributed by atoms with van der Waals surface area (Å²) >= 11 is 0. The van der Waals surface area contributed by atoms with Gasteiger partial charge in [0.25, 0.3) is 0 Å². The summed E-state index contributed by atoms with van der Waals surface area (Å²) < 4.78 is 6.30. The van der Waals surface area contributed by atoms with Crippen LogP contribution in [0.4, 0.5) is 0 Å². The molecule has 80 valence electrons. The van der Waals surface area contributed by atoms with Gasteiger partial charge >= 0.3 is 0 Å². The SMILES string of the molecule is COCC(O)c1cnnn1C(C)CO. The number of methoxy groups -OCH3 is 1. The number of aliphatic hydroxyl groups is 2. The van der Waals surface area contributed by atoms with E-state index in [9.17, 15) is 5.11 Å². The number of ether oxygens (including phenoxy) is 1. The lowest BCUT2D eigenvalue weighted by molar-refractivity contribution is 0.0563. The Hall–Kier alpha value is -0.980. The van der Waals surface area contributed by atoms with E-state index >= 15 is 0 Å². The second-order valence-electron chi connectivity index (χ2n) is 3.11. The Morgan fingerprint density at radius 2 is 2.36 bits per heavy atom. The van der Waals surface area contributed by atoms with Gasteiger partial charge in [0.15, 0.2) is 0 Å². The first-order chi connectivity index (χ1) is 6.70. The molecular formula is C8H15N3O3. The molecule has 6 nitrogen and oxygen atoms in total. The molecule has 1 rings (SSSR count). The monoisotopic (exact) mass is 201 g/mol. The Labute approximate surface area is 82.1 Å². The lowest BCUT2D eigenvalue weighted by atomic mass is 10.2. The fourth-order valence-corrected chi connectivity index (χ4v) is 1.15. The molecule has 0 saturated carbocycles. The number of nitrogens with zero attached hydrogens (tertiary/aromatic N) is 3. The number of aliphatic hydroxyl groups excluding tert-OH is 2. The quantitative estimate of drug-likeness (QED) is 0.672. The van der Waals surface area contributed by atoms with Crippen LogP contribution in [0.1, 0.15) is 24.8 Å². The van der Waals surface area contributed by atoms with E-state index in [0.717, 1.165) is 0 Å². The van der Waals surface area contributed by atoms with E-state index < -0.39 is 6.10 Å². The minimum Gasteiger partial charge on any atom is -0.394 e. The molecule has 2 N–H and O–H groups in total. The largest absolute Gasteiger partial charge is 0.394 e. The molecule has 0 fully saturated rings. The van der Waals surface area contributed by atoms with Crippen molar-refractivity contribution in [2.24, 2.45) is 0 Å².